The molecule has 0 aliphatic carbocycles. The van der Waals surface area contributed by atoms with E-state index >= 15 is 0 Å². The highest BCUT2D eigenvalue weighted by Crippen LogP contribution is 2.37. The van der Waals surface area contributed by atoms with Gasteiger partial charge in [-0.1, -0.05) is 6.07 Å². The number of nitrogens with one attached hydrogen (secondary N) is 1. The van der Waals surface area contributed by atoms with Crippen LogP contribution in [0.5, 0.6) is 0 Å². The van der Waals surface area contributed by atoms with Crippen molar-refractivity contribution in [3.8, 4) is 6.07 Å². The first-order valence-corrected chi connectivity index (χ1v) is 7.50. The minimum Gasteiger partial charge on any atom is -0.379 e. The number of nitriles is 1. The fraction of sp³-hybridized carbons (Fsp3) is 0.500. The Bertz CT molecular complexity index is 657. The summed E-state index contributed by atoms with van der Waals surface area (Å²) in [5.41, 5.74) is -2.03. The molecule has 1 aliphatic heterocycles. The number of halogens is 3. The third-order valence-electron chi connectivity index (χ3n) is 4.21. The minimum atomic E-state index is -4.73. The van der Waals surface area contributed by atoms with Crippen LogP contribution in [0, 0.1) is 11.3 Å². The van der Waals surface area contributed by atoms with Crippen LogP contribution < -0.4 is 5.32 Å². The van der Waals surface area contributed by atoms with Crippen LogP contribution in [-0.4, -0.2) is 46.8 Å². The smallest absolute Gasteiger partial charge is 0.379 e. The first kappa shape index (κ1) is 18.2. The molecule has 1 amide bonds. The quantitative estimate of drug-likeness (QED) is 0.884. The van der Waals surface area contributed by atoms with Gasteiger partial charge < -0.3 is 10.4 Å². The number of piperidine rings is 1. The average molecular weight is 341 g/mol. The molecule has 2 N–H and O–H groups in total. The number of carbonyl (C=O) groups excluding carboxylic acids is 1. The number of aliphatic hydroxyl groups is 1. The molecule has 0 aromatic heterocycles. The van der Waals surface area contributed by atoms with E-state index in [0.717, 1.165) is 0 Å². The fourth-order valence-electron chi connectivity index (χ4n) is 2.71. The molecule has 2 rings (SSSR count). The number of β-amino-alcohol motifs (C(OH)–C–C–N with tert-alkyl or cyclic N) is 1. The fourth-order valence-corrected chi connectivity index (χ4v) is 2.71. The van der Waals surface area contributed by atoms with Gasteiger partial charge in [-0.15, -0.1) is 0 Å². The van der Waals surface area contributed by atoms with Crippen molar-refractivity contribution in [2.45, 2.75) is 37.6 Å². The molecule has 0 bridgehead atoms. The van der Waals surface area contributed by atoms with Gasteiger partial charge in [0.25, 0.3) is 0 Å². The third-order valence-corrected chi connectivity index (χ3v) is 4.21. The maximum atomic E-state index is 13.0. The molecule has 0 radical (unpaired) electrons. The Morgan fingerprint density at radius 3 is 2.83 bits per heavy atom. The van der Waals surface area contributed by atoms with E-state index in [2.05, 4.69) is 5.32 Å². The zero-order valence-corrected chi connectivity index (χ0v) is 13.1. The van der Waals surface area contributed by atoms with Crippen molar-refractivity contribution in [1.82, 2.24) is 4.90 Å². The Balaban J connectivity index is 2.06. The molecule has 130 valence electrons. The molecule has 1 aliphatic rings. The van der Waals surface area contributed by atoms with Gasteiger partial charge in [0.1, 0.15) is 0 Å². The number of hydrogen-bond acceptors (Lipinski definition) is 4. The standard InChI is InChI=1S/C16H18F3N3O2/c1-11(14(23)21-13-5-2-4-12(8-13)9-20)22-7-3-6-15(24,10-22)16(17,18)19/h2,4-5,8,11,24H,3,6-7,10H2,1H3,(H,21,23)/t11-,15-/m0/s1. The average Bonchev–Trinajstić information content (AvgIpc) is 2.53. The lowest BCUT2D eigenvalue weighted by molar-refractivity contribution is -0.275. The van der Waals surface area contributed by atoms with Crippen LogP contribution in [0.2, 0.25) is 0 Å². The number of benzene rings is 1. The molecule has 1 fully saturated rings. The third kappa shape index (κ3) is 3.86. The van der Waals surface area contributed by atoms with E-state index in [-0.39, 0.29) is 12.8 Å². The second kappa shape index (κ2) is 6.79. The molecule has 0 saturated carbocycles. The second-order valence-corrected chi connectivity index (χ2v) is 5.96. The SMILES string of the molecule is C[C@@H](C(=O)Nc1cccc(C#N)c1)N1CCC[C@@](O)(C(F)(F)F)C1. The number of nitrogens with zero attached hydrogens (tertiary/aromatic N) is 2. The molecule has 2 atom stereocenters. The second-order valence-electron chi connectivity index (χ2n) is 5.96. The van der Waals surface area contributed by atoms with Crippen LogP contribution in [0.4, 0.5) is 18.9 Å². The molecular formula is C16H18F3N3O2. The summed E-state index contributed by atoms with van der Waals surface area (Å²) in [7, 11) is 0. The summed E-state index contributed by atoms with van der Waals surface area (Å²) in [4.78, 5) is 13.6. The van der Waals surface area contributed by atoms with Crippen LogP contribution in [0.3, 0.4) is 0 Å². The van der Waals surface area contributed by atoms with Gasteiger partial charge in [-0.25, -0.2) is 0 Å². The van der Waals surface area contributed by atoms with Crippen molar-refractivity contribution in [3.63, 3.8) is 0 Å². The van der Waals surface area contributed by atoms with Crippen LogP contribution in [0.15, 0.2) is 24.3 Å². The normalized spacial score (nSPS) is 23.3. The molecule has 24 heavy (non-hydrogen) atoms. The maximum absolute atomic E-state index is 13.0. The molecule has 1 saturated heterocycles. The highest BCUT2D eigenvalue weighted by Gasteiger charge is 2.55. The first-order chi connectivity index (χ1) is 11.2. The molecule has 1 aromatic carbocycles. The van der Waals surface area contributed by atoms with Crippen molar-refractivity contribution in [2.75, 3.05) is 18.4 Å². The molecule has 1 heterocycles. The van der Waals surface area contributed by atoms with Crippen molar-refractivity contribution in [2.24, 2.45) is 0 Å². The zero-order chi connectivity index (χ0) is 18.0. The van der Waals surface area contributed by atoms with E-state index in [9.17, 15) is 23.1 Å². The molecular weight excluding hydrogens is 323 g/mol. The lowest BCUT2D eigenvalue weighted by Crippen LogP contribution is -2.60. The number of hydrogen-bond donors (Lipinski definition) is 2. The van der Waals surface area contributed by atoms with Crippen molar-refractivity contribution in [1.29, 1.82) is 5.26 Å². The maximum Gasteiger partial charge on any atom is 0.418 e. The van der Waals surface area contributed by atoms with E-state index in [1.165, 1.54) is 17.9 Å². The van der Waals surface area contributed by atoms with E-state index in [0.29, 0.717) is 17.8 Å². The number of likely N-dealkylation sites (tertiary alicyclic amines) is 1. The van der Waals surface area contributed by atoms with E-state index in [4.69, 9.17) is 5.26 Å². The van der Waals surface area contributed by atoms with Crippen molar-refractivity contribution >= 4 is 11.6 Å². The highest BCUT2D eigenvalue weighted by molar-refractivity contribution is 5.94. The van der Waals surface area contributed by atoms with Gasteiger partial charge in [0.2, 0.25) is 5.91 Å². The largest absolute Gasteiger partial charge is 0.418 e. The lowest BCUT2D eigenvalue weighted by Gasteiger charge is -2.42. The van der Waals surface area contributed by atoms with Gasteiger partial charge in [0, 0.05) is 12.2 Å². The van der Waals surface area contributed by atoms with Gasteiger partial charge in [0.15, 0.2) is 5.60 Å². The van der Waals surface area contributed by atoms with Crippen molar-refractivity contribution in [3.05, 3.63) is 29.8 Å². The summed E-state index contributed by atoms with van der Waals surface area (Å²) >= 11 is 0. The van der Waals surface area contributed by atoms with Crippen LogP contribution in [0.25, 0.3) is 0 Å². The molecule has 5 nitrogen and oxygen atoms in total. The predicted octanol–water partition coefficient (Wildman–Crippen LogP) is 2.27. The van der Waals surface area contributed by atoms with Crippen LogP contribution in [0.1, 0.15) is 25.3 Å². The van der Waals surface area contributed by atoms with Gasteiger partial charge in [-0.2, -0.15) is 18.4 Å². The summed E-state index contributed by atoms with van der Waals surface area (Å²) in [5.74, 6) is -0.489. The summed E-state index contributed by atoms with van der Waals surface area (Å²) in [6.07, 6.45) is -4.95. The van der Waals surface area contributed by atoms with E-state index in [1.807, 2.05) is 6.07 Å². The topological polar surface area (TPSA) is 76.4 Å². The Kier molecular flexibility index (Phi) is 5.16. The number of carbonyl (C=O) groups is 1. The van der Waals surface area contributed by atoms with E-state index < -0.39 is 30.3 Å². The Morgan fingerprint density at radius 1 is 1.50 bits per heavy atom. The van der Waals surface area contributed by atoms with Gasteiger partial charge in [-0.3, -0.25) is 9.69 Å². The number of rotatable bonds is 3. The Hall–Kier alpha value is -2.11. The number of amides is 1. The van der Waals surface area contributed by atoms with Gasteiger partial charge in [0.05, 0.1) is 17.7 Å². The number of alkyl halides is 3. The zero-order valence-electron chi connectivity index (χ0n) is 13.1. The highest BCUT2D eigenvalue weighted by atomic mass is 19.4. The first-order valence-electron chi connectivity index (χ1n) is 7.50. The molecule has 0 unspecified atom stereocenters. The monoisotopic (exact) mass is 341 g/mol. The summed E-state index contributed by atoms with van der Waals surface area (Å²) in [5, 5.41) is 21.3. The Labute approximate surface area is 137 Å². The predicted molar refractivity (Wildman–Crippen MR) is 81.1 cm³/mol. The van der Waals surface area contributed by atoms with Gasteiger partial charge in [-0.05, 0) is 44.5 Å². The minimum absolute atomic E-state index is 0.150. The molecule has 1 aromatic rings. The summed E-state index contributed by atoms with van der Waals surface area (Å²) in [6.45, 7) is 1.15. The van der Waals surface area contributed by atoms with Crippen LogP contribution >= 0.6 is 0 Å². The molecule has 8 heteroatoms. The van der Waals surface area contributed by atoms with Gasteiger partial charge >= 0.3 is 6.18 Å². The van der Waals surface area contributed by atoms with E-state index in [1.54, 1.807) is 18.2 Å². The summed E-state index contributed by atoms with van der Waals surface area (Å²) in [6, 6.07) is 7.34. The lowest BCUT2D eigenvalue weighted by atomic mass is 9.91. The molecule has 0 spiro atoms. The Morgan fingerprint density at radius 2 is 2.21 bits per heavy atom. The summed E-state index contributed by atoms with van der Waals surface area (Å²) < 4.78 is 39.0. The van der Waals surface area contributed by atoms with Crippen LogP contribution in [-0.2, 0) is 4.79 Å². The number of anilines is 1. The van der Waals surface area contributed by atoms with Crippen molar-refractivity contribution < 1.29 is 23.1 Å².